The summed E-state index contributed by atoms with van der Waals surface area (Å²) in [6.45, 7) is 1.41. The van der Waals surface area contributed by atoms with Crippen LogP contribution < -0.4 is 0 Å². The first kappa shape index (κ1) is 27.3. The van der Waals surface area contributed by atoms with Crippen LogP contribution in [0.1, 0.15) is 90.4 Å². The van der Waals surface area contributed by atoms with E-state index in [1.54, 1.807) is 0 Å². The van der Waals surface area contributed by atoms with Crippen molar-refractivity contribution in [3.05, 3.63) is 0 Å². The molecule has 8 heteroatoms. The van der Waals surface area contributed by atoms with Crippen LogP contribution in [0.2, 0.25) is 0 Å². The number of carboxylic acids is 1. The number of hydrogen-bond acceptors (Lipinski definition) is 7. The largest absolute Gasteiger partial charge is 0.481 e. The van der Waals surface area contributed by atoms with Crippen LogP contribution in [0.15, 0.2) is 0 Å². The van der Waals surface area contributed by atoms with Gasteiger partial charge < -0.3 is 24.8 Å². The highest BCUT2D eigenvalue weighted by Gasteiger charge is 2.21. The average molecular weight is 419 g/mol. The monoisotopic (exact) mass is 418 g/mol. The van der Waals surface area contributed by atoms with Gasteiger partial charge in [0.25, 0.3) is 0 Å². The summed E-state index contributed by atoms with van der Waals surface area (Å²) in [7, 11) is 0. The van der Waals surface area contributed by atoms with E-state index >= 15 is 0 Å². The molecule has 0 aliphatic carbocycles. The standard InChI is InChI=1S/C21H38O8/c1-2-3-4-5-6-7-8-9-10-11-12-13-20(26)28-15-17(22)16-29-21(27)18(23)14-19(24)25/h17-18,22-23H,2-16H2,1H3,(H,24,25)/t17?,18-/m0/s1. The van der Waals surface area contributed by atoms with E-state index < -0.39 is 43.1 Å². The number of carbonyl (C=O) groups is 3. The molecule has 1 unspecified atom stereocenters. The Morgan fingerprint density at radius 3 is 1.76 bits per heavy atom. The molecule has 0 spiro atoms. The third-order valence-corrected chi connectivity index (χ3v) is 4.48. The molecule has 2 atom stereocenters. The number of carboxylic acid groups (broad SMARTS) is 1. The molecule has 0 rings (SSSR count). The summed E-state index contributed by atoms with van der Waals surface area (Å²) < 4.78 is 9.49. The van der Waals surface area contributed by atoms with E-state index in [2.05, 4.69) is 11.7 Å². The Morgan fingerprint density at radius 1 is 0.759 bits per heavy atom. The van der Waals surface area contributed by atoms with Gasteiger partial charge in [-0.15, -0.1) is 0 Å². The summed E-state index contributed by atoms with van der Waals surface area (Å²) in [5.74, 6) is -2.90. The second-order valence-corrected chi connectivity index (χ2v) is 7.37. The van der Waals surface area contributed by atoms with Gasteiger partial charge in [-0.2, -0.15) is 0 Å². The van der Waals surface area contributed by atoms with Gasteiger partial charge in [-0.05, 0) is 6.42 Å². The zero-order valence-electron chi connectivity index (χ0n) is 17.6. The Kier molecular flexibility index (Phi) is 17.3. The highest BCUT2D eigenvalue weighted by Crippen LogP contribution is 2.12. The van der Waals surface area contributed by atoms with E-state index in [-0.39, 0.29) is 13.0 Å². The van der Waals surface area contributed by atoms with Gasteiger partial charge in [-0.3, -0.25) is 9.59 Å². The Balaban J connectivity index is 3.54. The molecule has 0 amide bonds. The lowest BCUT2D eigenvalue weighted by atomic mass is 10.1. The molecular formula is C21H38O8. The number of ether oxygens (including phenoxy) is 2. The van der Waals surface area contributed by atoms with Crippen molar-refractivity contribution < 1.29 is 39.2 Å². The lowest BCUT2D eigenvalue weighted by Gasteiger charge is -2.13. The minimum atomic E-state index is -1.79. The van der Waals surface area contributed by atoms with Crippen LogP contribution in [0.25, 0.3) is 0 Å². The van der Waals surface area contributed by atoms with Crippen LogP contribution in [-0.2, 0) is 23.9 Å². The van der Waals surface area contributed by atoms with Crippen LogP contribution >= 0.6 is 0 Å². The predicted molar refractivity (Wildman–Crippen MR) is 107 cm³/mol. The van der Waals surface area contributed by atoms with E-state index in [1.165, 1.54) is 51.4 Å². The number of aliphatic hydroxyl groups excluding tert-OH is 2. The molecule has 0 heterocycles. The maximum atomic E-state index is 11.6. The van der Waals surface area contributed by atoms with E-state index in [0.29, 0.717) is 0 Å². The van der Waals surface area contributed by atoms with Gasteiger partial charge in [0.1, 0.15) is 19.3 Å². The fourth-order valence-electron chi connectivity index (χ4n) is 2.77. The maximum absolute atomic E-state index is 11.6. The van der Waals surface area contributed by atoms with Gasteiger partial charge in [-0.25, -0.2) is 4.79 Å². The maximum Gasteiger partial charge on any atom is 0.335 e. The quantitative estimate of drug-likeness (QED) is 0.216. The minimum absolute atomic E-state index is 0.279. The molecule has 0 aliphatic heterocycles. The molecule has 0 saturated carbocycles. The van der Waals surface area contributed by atoms with Gasteiger partial charge in [-0.1, -0.05) is 71.1 Å². The molecule has 170 valence electrons. The topological polar surface area (TPSA) is 130 Å². The zero-order valence-corrected chi connectivity index (χ0v) is 17.6. The van der Waals surface area contributed by atoms with Gasteiger partial charge >= 0.3 is 17.9 Å². The first-order valence-electron chi connectivity index (χ1n) is 10.8. The SMILES string of the molecule is CCCCCCCCCCCCCC(=O)OCC(O)COC(=O)[C@@H](O)CC(=O)O. The molecule has 0 aromatic heterocycles. The highest BCUT2D eigenvalue weighted by atomic mass is 16.6. The molecule has 0 fully saturated rings. The van der Waals surface area contributed by atoms with Gasteiger partial charge in [0, 0.05) is 6.42 Å². The van der Waals surface area contributed by atoms with Gasteiger partial charge in [0.15, 0.2) is 6.10 Å². The van der Waals surface area contributed by atoms with Crippen molar-refractivity contribution >= 4 is 17.9 Å². The first-order chi connectivity index (χ1) is 13.9. The lowest BCUT2D eigenvalue weighted by molar-refractivity contribution is -0.162. The summed E-state index contributed by atoms with van der Waals surface area (Å²) in [5.41, 5.74) is 0. The van der Waals surface area contributed by atoms with Crippen LogP contribution in [0, 0.1) is 0 Å². The molecule has 8 nitrogen and oxygen atoms in total. The van der Waals surface area contributed by atoms with Crippen molar-refractivity contribution in [2.45, 2.75) is 103 Å². The van der Waals surface area contributed by atoms with Gasteiger partial charge in [0.2, 0.25) is 0 Å². The molecular weight excluding hydrogens is 380 g/mol. The molecule has 0 saturated heterocycles. The first-order valence-corrected chi connectivity index (χ1v) is 10.8. The van der Waals surface area contributed by atoms with Crippen molar-refractivity contribution in [1.82, 2.24) is 0 Å². The smallest absolute Gasteiger partial charge is 0.335 e. The number of hydrogen-bond donors (Lipinski definition) is 3. The minimum Gasteiger partial charge on any atom is -0.481 e. The number of rotatable bonds is 19. The molecule has 0 aliphatic rings. The van der Waals surface area contributed by atoms with Crippen molar-refractivity contribution in [3.8, 4) is 0 Å². The number of unbranched alkanes of at least 4 members (excludes halogenated alkanes) is 10. The summed E-state index contributed by atoms with van der Waals surface area (Å²) >= 11 is 0. The predicted octanol–water partition coefficient (Wildman–Crippen LogP) is 2.97. The highest BCUT2D eigenvalue weighted by molar-refractivity contribution is 5.80. The van der Waals surface area contributed by atoms with Crippen LogP contribution in [0.5, 0.6) is 0 Å². The Hall–Kier alpha value is -1.67. The normalized spacial score (nSPS) is 12.9. The lowest BCUT2D eigenvalue weighted by Crippen LogP contribution is -2.31. The molecule has 29 heavy (non-hydrogen) atoms. The fourth-order valence-corrected chi connectivity index (χ4v) is 2.77. The van der Waals surface area contributed by atoms with Crippen molar-refractivity contribution in [1.29, 1.82) is 0 Å². The van der Waals surface area contributed by atoms with Crippen LogP contribution in [0.3, 0.4) is 0 Å². The molecule has 0 aromatic carbocycles. The van der Waals surface area contributed by atoms with E-state index in [0.717, 1.165) is 19.3 Å². The third kappa shape index (κ3) is 18.1. The average Bonchev–Trinajstić information content (AvgIpc) is 2.68. The molecule has 0 bridgehead atoms. The summed E-state index contributed by atoms with van der Waals surface area (Å²) in [4.78, 5) is 33.3. The van der Waals surface area contributed by atoms with Crippen molar-refractivity contribution in [2.75, 3.05) is 13.2 Å². The number of carbonyl (C=O) groups excluding carboxylic acids is 2. The molecule has 0 radical (unpaired) electrons. The second kappa shape index (κ2) is 18.4. The number of esters is 2. The van der Waals surface area contributed by atoms with Crippen molar-refractivity contribution in [2.24, 2.45) is 0 Å². The van der Waals surface area contributed by atoms with Crippen LogP contribution in [0.4, 0.5) is 0 Å². The van der Waals surface area contributed by atoms with Crippen molar-refractivity contribution in [3.63, 3.8) is 0 Å². The summed E-state index contributed by atoms with van der Waals surface area (Å²) in [5, 5.41) is 27.3. The summed E-state index contributed by atoms with van der Waals surface area (Å²) in [6.07, 6.45) is 9.56. The number of aliphatic hydroxyl groups is 2. The zero-order chi connectivity index (χ0) is 21.9. The van der Waals surface area contributed by atoms with Crippen LogP contribution in [-0.4, -0.2) is 58.6 Å². The van der Waals surface area contributed by atoms with E-state index in [1.807, 2.05) is 0 Å². The number of aliphatic carboxylic acids is 1. The molecule has 0 aromatic rings. The third-order valence-electron chi connectivity index (χ3n) is 4.48. The van der Waals surface area contributed by atoms with E-state index in [9.17, 15) is 24.6 Å². The molecule has 3 N–H and O–H groups in total. The Morgan fingerprint density at radius 2 is 1.24 bits per heavy atom. The second-order valence-electron chi connectivity index (χ2n) is 7.37. The Bertz CT molecular complexity index is 452. The van der Waals surface area contributed by atoms with Gasteiger partial charge in [0.05, 0.1) is 6.42 Å². The fraction of sp³-hybridized carbons (Fsp3) is 0.857. The van der Waals surface area contributed by atoms with E-state index in [4.69, 9.17) is 9.84 Å². The Labute approximate surface area is 173 Å². The summed E-state index contributed by atoms with van der Waals surface area (Å²) in [6, 6.07) is 0.